The Morgan fingerprint density at radius 2 is 1.67 bits per heavy atom. The van der Waals surface area contributed by atoms with Crippen molar-refractivity contribution in [3.63, 3.8) is 0 Å². The third-order valence-electron chi connectivity index (χ3n) is 12.1. The van der Waals surface area contributed by atoms with Crippen LogP contribution in [-0.2, 0) is 27.1 Å². The summed E-state index contributed by atoms with van der Waals surface area (Å²) in [5.41, 5.74) is 13.2. The Morgan fingerprint density at radius 1 is 0.982 bits per heavy atom. The highest BCUT2D eigenvalue weighted by molar-refractivity contribution is 5.91. The van der Waals surface area contributed by atoms with Gasteiger partial charge in [0.1, 0.15) is 11.3 Å². The van der Waals surface area contributed by atoms with Crippen LogP contribution in [0.5, 0.6) is 0 Å². The molecule has 1 aromatic rings. The van der Waals surface area contributed by atoms with Crippen LogP contribution >= 0.6 is 0 Å². The number of aryl methyl sites for hydroxylation is 1. The molecule has 3 aliphatic heterocycles. The van der Waals surface area contributed by atoms with Crippen molar-refractivity contribution in [3.05, 3.63) is 29.1 Å². The van der Waals surface area contributed by atoms with Gasteiger partial charge in [-0.25, -0.2) is 14.7 Å². The minimum Gasteiger partial charge on any atom is -0.462 e. The van der Waals surface area contributed by atoms with Crippen LogP contribution in [0.1, 0.15) is 189 Å². The largest absolute Gasteiger partial charge is 0.462 e. The van der Waals surface area contributed by atoms with Crippen molar-refractivity contribution in [1.82, 2.24) is 9.88 Å². The fraction of sp³-hybridized carbons (Fsp3) is 0.822. The molecular formula is C45H79N6O6+. The van der Waals surface area contributed by atoms with E-state index in [1.807, 2.05) is 6.92 Å². The smallest absolute Gasteiger partial charge is 0.394 e. The van der Waals surface area contributed by atoms with Gasteiger partial charge in [0.2, 0.25) is 5.91 Å². The van der Waals surface area contributed by atoms with Crippen molar-refractivity contribution < 1.29 is 33.8 Å². The molecule has 3 aliphatic rings. The quantitative estimate of drug-likeness (QED) is 0.0253. The second-order valence-corrected chi connectivity index (χ2v) is 17.1. The summed E-state index contributed by atoms with van der Waals surface area (Å²) in [6.45, 7) is 6.30. The van der Waals surface area contributed by atoms with E-state index in [-0.39, 0.29) is 24.0 Å². The van der Waals surface area contributed by atoms with E-state index in [0.29, 0.717) is 64.0 Å². The van der Waals surface area contributed by atoms with Crippen molar-refractivity contribution in [3.8, 4) is 0 Å². The van der Waals surface area contributed by atoms with Gasteiger partial charge in [0.05, 0.1) is 36.7 Å². The van der Waals surface area contributed by atoms with Crippen LogP contribution in [0.2, 0.25) is 0 Å². The third kappa shape index (κ3) is 15.5. The van der Waals surface area contributed by atoms with E-state index < -0.39 is 17.9 Å². The maximum Gasteiger partial charge on any atom is 0.394 e. The van der Waals surface area contributed by atoms with E-state index in [0.717, 1.165) is 107 Å². The van der Waals surface area contributed by atoms with Crippen LogP contribution in [-0.4, -0.2) is 88.8 Å². The Balaban J connectivity index is 1.10. The molecule has 0 fully saturated rings. The van der Waals surface area contributed by atoms with E-state index in [1.165, 1.54) is 44.9 Å². The molecule has 0 saturated heterocycles. The molecule has 3 unspecified atom stereocenters. The third-order valence-corrected chi connectivity index (χ3v) is 12.1. The zero-order valence-corrected chi connectivity index (χ0v) is 35.7. The number of unbranched alkanes of at least 4 members (excludes halogenated alkanes) is 12. The molecule has 0 saturated carbocycles. The van der Waals surface area contributed by atoms with Crippen molar-refractivity contribution in [2.45, 2.75) is 204 Å². The number of aliphatic hydroxyl groups is 2. The Morgan fingerprint density at radius 3 is 2.32 bits per heavy atom. The van der Waals surface area contributed by atoms with Crippen molar-refractivity contribution in [1.29, 1.82) is 0 Å². The number of esters is 1. The molecule has 1 aromatic heterocycles. The molecule has 324 valence electrons. The summed E-state index contributed by atoms with van der Waals surface area (Å²) >= 11 is 0. The number of hydrogen-bond donors (Lipinski definition) is 5. The molecule has 4 rings (SSSR count). The van der Waals surface area contributed by atoms with Gasteiger partial charge in [-0.1, -0.05) is 94.7 Å². The Labute approximate surface area is 343 Å². The normalized spacial score (nSPS) is 20.9. The number of nitrogens with zero attached hydrogens (tertiary/aromatic N) is 3. The summed E-state index contributed by atoms with van der Waals surface area (Å²) in [4.78, 5) is 33.3. The minimum absolute atomic E-state index is 0.0792. The maximum absolute atomic E-state index is 13.7. The highest BCUT2D eigenvalue weighted by atomic mass is 16.5. The minimum atomic E-state index is -0.568. The van der Waals surface area contributed by atoms with Crippen LogP contribution in [0, 0.1) is 0 Å². The molecular weight excluding hydrogens is 721 g/mol. The molecule has 7 N–H and O–H groups in total. The average molecular weight is 800 g/mol. The molecule has 57 heavy (non-hydrogen) atoms. The Hall–Kier alpha value is -2.64. The van der Waals surface area contributed by atoms with Crippen LogP contribution in [0.15, 0.2) is 12.2 Å². The van der Waals surface area contributed by atoms with E-state index in [1.54, 1.807) is 4.90 Å². The Kier molecular flexibility index (Phi) is 21.3. The molecule has 1 spiro atoms. The Bertz CT molecular complexity index is 1380. The van der Waals surface area contributed by atoms with Gasteiger partial charge in [-0.2, -0.15) is 0 Å². The first-order valence-corrected chi connectivity index (χ1v) is 23.0. The van der Waals surface area contributed by atoms with Gasteiger partial charge in [-0.05, 0) is 77.8 Å². The molecule has 4 heterocycles. The van der Waals surface area contributed by atoms with Gasteiger partial charge in [0, 0.05) is 45.2 Å². The van der Waals surface area contributed by atoms with Gasteiger partial charge < -0.3 is 36.1 Å². The number of amides is 1. The van der Waals surface area contributed by atoms with Crippen LogP contribution in [0.4, 0.5) is 5.95 Å². The topological polar surface area (TPSA) is 177 Å². The van der Waals surface area contributed by atoms with Crippen LogP contribution in [0.3, 0.4) is 0 Å². The van der Waals surface area contributed by atoms with E-state index >= 15 is 0 Å². The van der Waals surface area contributed by atoms with Crippen LogP contribution in [0.25, 0.3) is 0 Å². The SMILES string of the molecule is CC[C@H]1C=CCC[C@@]2(CC3CCc4c(C(=O)OCCCCCCCCCCCCCCCC(=O)N(CCCN)CC(O)CCN)c(CCCC(C)O)nc([n+]43)N2)O1. The molecule has 1 amide bonds. The van der Waals surface area contributed by atoms with Crippen molar-refractivity contribution in [2.24, 2.45) is 11.5 Å². The van der Waals surface area contributed by atoms with Crippen molar-refractivity contribution >= 4 is 17.8 Å². The number of hydrogen-bond acceptors (Lipinski definition) is 10. The summed E-state index contributed by atoms with van der Waals surface area (Å²) < 4.78 is 14.9. The number of nitrogens with one attached hydrogen (secondary N) is 1. The standard InChI is InChI=1S/C45H78N6O6/c1-3-38-22-16-17-28-45(57-38)33-36-25-26-40-42(39(23-19-21-35(2)52)48-44(49-45)51(36)40)43(55)56-32-18-14-12-10-8-6-4-5-7-9-11-13-15-24-41(54)50(31-20-29-46)34-37(53)27-30-47/h16,22,35-38,52-53H,3-15,17-21,23-34,46-47H2,1-2H3/p+1/t35?,36?,37?,38-,45-/m0/s1. The van der Waals surface area contributed by atoms with Gasteiger partial charge >= 0.3 is 11.9 Å². The molecule has 12 nitrogen and oxygen atoms in total. The number of allylic oxidation sites excluding steroid dienone is 1. The molecule has 0 aromatic carbocycles. The first kappa shape index (κ1) is 47.0. The second-order valence-electron chi connectivity index (χ2n) is 17.1. The zero-order valence-electron chi connectivity index (χ0n) is 35.7. The summed E-state index contributed by atoms with van der Waals surface area (Å²) in [5, 5.41) is 23.8. The van der Waals surface area contributed by atoms with Gasteiger partial charge in [-0.3, -0.25) is 4.79 Å². The summed E-state index contributed by atoms with van der Waals surface area (Å²) in [5.74, 6) is 0.665. The number of anilines is 1. The fourth-order valence-corrected chi connectivity index (χ4v) is 8.89. The van der Waals surface area contributed by atoms with Crippen LogP contribution < -0.4 is 21.4 Å². The second kappa shape index (κ2) is 25.8. The van der Waals surface area contributed by atoms with Gasteiger partial charge in [0.25, 0.3) is 0 Å². The molecule has 0 aliphatic carbocycles. The highest BCUT2D eigenvalue weighted by Gasteiger charge is 2.50. The molecule has 12 heteroatoms. The lowest BCUT2D eigenvalue weighted by molar-refractivity contribution is -0.713. The first-order valence-electron chi connectivity index (χ1n) is 23.0. The lowest BCUT2D eigenvalue weighted by Crippen LogP contribution is -2.58. The van der Waals surface area contributed by atoms with Gasteiger partial charge in [-0.15, -0.1) is 0 Å². The number of aromatic nitrogens is 2. The summed E-state index contributed by atoms with van der Waals surface area (Å²) in [6, 6.07) is 0.240. The fourth-order valence-electron chi connectivity index (χ4n) is 8.89. The molecule has 5 atom stereocenters. The predicted octanol–water partition coefficient (Wildman–Crippen LogP) is 6.72. The average Bonchev–Trinajstić information content (AvgIpc) is 3.50. The summed E-state index contributed by atoms with van der Waals surface area (Å²) in [6.07, 6.45) is 27.7. The van der Waals surface area contributed by atoms with Crippen molar-refractivity contribution in [2.75, 3.05) is 38.1 Å². The predicted molar refractivity (Wildman–Crippen MR) is 226 cm³/mol. The lowest BCUT2D eigenvalue weighted by atomic mass is 9.95. The first-order chi connectivity index (χ1) is 27.7. The number of rotatable bonds is 29. The van der Waals surface area contributed by atoms with E-state index in [2.05, 4.69) is 29.0 Å². The number of nitrogens with two attached hydrogens (primary N) is 2. The number of aliphatic hydroxyl groups excluding tert-OH is 2. The molecule has 0 bridgehead atoms. The highest BCUT2D eigenvalue weighted by Crippen LogP contribution is 2.40. The maximum atomic E-state index is 13.7. The zero-order chi connectivity index (χ0) is 40.9. The van der Waals surface area contributed by atoms with Gasteiger partial charge in [0.15, 0.2) is 5.72 Å². The lowest BCUT2D eigenvalue weighted by Gasteiger charge is -2.38. The van der Waals surface area contributed by atoms with E-state index in [9.17, 15) is 19.8 Å². The monoisotopic (exact) mass is 800 g/mol. The number of ether oxygens (including phenoxy) is 2. The number of carbonyl (C=O) groups is 2. The molecule has 0 radical (unpaired) electrons. The van der Waals surface area contributed by atoms with E-state index in [4.69, 9.17) is 25.9 Å². The number of carbonyl (C=O) groups excluding carboxylic acids is 2. The summed E-state index contributed by atoms with van der Waals surface area (Å²) in [7, 11) is 0.